The van der Waals surface area contributed by atoms with E-state index in [2.05, 4.69) is 25.1 Å². The molecule has 0 atom stereocenters. The Labute approximate surface area is 75.9 Å². The molecule has 0 aromatic rings. The molecular formula is C11H19N. The third-order valence-corrected chi connectivity index (χ3v) is 2.67. The average molecular weight is 165 g/mol. The smallest absolute Gasteiger partial charge is 0.0798 e. The lowest BCUT2D eigenvalue weighted by Crippen LogP contribution is -2.50. The third-order valence-electron chi connectivity index (χ3n) is 2.67. The Morgan fingerprint density at radius 2 is 2.17 bits per heavy atom. The fourth-order valence-electron chi connectivity index (χ4n) is 1.50. The number of nitrogens with one attached hydrogen (secondary N) is 1. The van der Waals surface area contributed by atoms with E-state index in [-0.39, 0.29) is 5.54 Å². The molecule has 0 bridgehead atoms. The highest BCUT2D eigenvalue weighted by molar-refractivity contribution is 5.17. The van der Waals surface area contributed by atoms with Gasteiger partial charge in [-0.2, -0.15) is 0 Å². The number of hydrogen-bond donors (Lipinski definition) is 1. The van der Waals surface area contributed by atoms with Gasteiger partial charge in [0.15, 0.2) is 0 Å². The summed E-state index contributed by atoms with van der Waals surface area (Å²) in [5.74, 6) is 3.65. The summed E-state index contributed by atoms with van der Waals surface area (Å²) in [6, 6.07) is 0. The summed E-state index contributed by atoms with van der Waals surface area (Å²) < 4.78 is 0. The van der Waals surface area contributed by atoms with Crippen LogP contribution in [0.4, 0.5) is 0 Å². The predicted molar refractivity (Wildman–Crippen MR) is 52.9 cm³/mol. The van der Waals surface area contributed by atoms with Crippen molar-refractivity contribution >= 4 is 0 Å². The van der Waals surface area contributed by atoms with Gasteiger partial charge in [-0.15, -0.1) is 6.42 Å². The molecule has 0 aromatic heterocycles. The van der Waals surface area contributed by atoms with E-state index < -0.39 is 0 Å². The molecule has 0 amide bonds. The highest BCUT2D eigenvalue weighted by Crippen LogP contribution is 2.30. The van der Waals surface area contributed by atoms with Crippen LogP contribution in [-0.4, -0.2) is 12.1 Å². The van der Waals surface area contributed by atoms with Gasteiger partial charge in [-0.1, -0.05) is 19.8 Å². The largest absolute Gasteiger partial charge is 0.301 e. The van der Waals surface area contributed by atoms with Crippen molar-refractivity contribution in [2.75, 3.05) is 6.54 Å². The molecule has 1 heteroatoms. The molecule has 0 aliphatic heterocycles. The minimum absolute atomic E-state index is 0.0783. The van der Waals surface area contributed by atoms with Gasteiger partial charge in [-0.3, -0.25) is 0 Å². The molecule has 1 N–H and O–H groups in total. The second kappa shape index (κ2) is 3.96. The second-order valence-electron chi connectivity index (χ2n) is 4.19. The van der Waals surface area contributed by atoms with E-state index >= 15 is 0 Å². The van der Waals surface area contributed by atoms with E-state index in [0.717, 1.165) is 12.5 Å². The summed E-state index contributed by atoms with van der Waals surface area (Å²) >= 11 is 0. The van der Waals surface area contributed by atoms with Gasteiger partial charge >= 0.3 is 0 Å². The monoisotopic (exact) mass is 165 g/mol. The van der Waals surface area contributed by atoms with Gasteiger partial charge in [0.1, 0.15) is 0 Å². The molecule has 0 heterocycles. The first-order valence-electron chi connectivity index (χ1n) is 4.91. The van der Waals surface area contributed by atoms with Gasteiger partial charge in [0.25, 0.3) is 0 Å². The van der Waals surface area contributed by atoms with Crippen LogP contribution in [-0.2, 0) is 0 Å². The van der Waals surface area contributed by atoms with Crippen molar-refractivity contribution in [3.05, 3.63) is 0 Å². The molecule has 1 aliphatic rings. The van der Waals surface area contributed by atoms with Crippen molar-refractivity contribution in [3.63, 3.8) is 0 Å². The Morgan fingerprint density at radius 3 is 2.50 bits per heavy atom. The van der Waals surface area contributed by atoms with E-state index in [1.165, 1.54) is 25.7 Å². The van der Waals surface area contributed by atoms with Crippen LogP contribution in [0.5, 0.6) is 0 Å². The first-order valence-corrected chi connectivity index (χ1v) is 4.91. The van der Waals surface area contributed by atoms with E-state index in [0.29, 0.717) is 0 Å². The molecular weight excluding hydrogens is 146 g/mol. The standard InChI is InChI=1S/C11H19N/c1-4-11(7-5-8-11)12-9-6-10(2)3/h1,10,12H,5-9H2,2-3H3. The fraction of sp³-hybridized carbons (Fsp3) is 0.818. The molecule has 1 fully saturated rings. The minimum Gasteiger partial charge on any atom is -0.301 e. The third kappa shape index (κ3) is 2.25. The molecule has 1 saturated carbocycles. The number of terminal acetylenes is 1. The van der Waals surface area contributed by atoms with Gasteiger partial charge in [0.2, 0.25) is 0 Å². The number of hydrogen-bond acceptors (Lipinski definition) is 1. The van der Waals surface area contributed by atoms with Crippen LogP contribution >= 0.6 is 0 Å². The molecule has 0 radical (unpaired) electrons. The molecule has 0 unspecified atom stereocenters. The van der Waals surface area contributed by atoms with Gasteiger partial charge in [0.05, 0.1) is 5.54 Å². The second-order valence-corrected chi connectivity index (χ2v) is 4.19. The maximum Gasteiger partial charge on any atom is 0.0798 e. The Hall–Kier alpha value is -0.480. The van der Waals surface area contributed by atoms with E-state index in [9.17, 15) is 0 Å². The molecule has 1 aliphatic carbocycles. The van der Waals surface area contributed by atoms with E-state index in [4.69, 9.17) is 6.42 Å². The minimum atomic E-state index is 0.0783. The van der Waals surface area contributed by atoms with Crippen LogP contribution in [0.1, 0.15) is 39.5 Å². The topological polar surface area (TPSA) is 12.0 Å². The van der Waals surface area contributed by atoms with Crippen LogP contribution in [0.3, 0.4) is 0 Å². The van der Waals surface area contributed by atoms with Gasteiger partial charge in [-0.05, 0) is 38.1 Å². The summed E-state index contributed by atoms with van der Waals surface area (Å²) in [4.78, 5) is 0. The first kappa shape index (κ1) is 9.61. The maximum atomic E-state index is 5.47. The van der Waals surface area contributed by atoms with Crippen molar-refractivity contribution < 1.29 is 0 Å². The first-order chi connectivity index (χ1) is 5.68. The van der Waals surface area contributed by atoms with Crippen LogP contribution < -0.4 is 5.32 Å². The zero-order valence-electron chi connectivity index (χ0n) is 8.19. The van der Waals surface area contributed by atoms with Crippen molar-refractivity contribution in [3.8, 4) is 12.3 Å². The van der Waals surface area contributed by atoms with Crippen LogP contribution in [0.15, 0.2) is 0 Å². The summed E-state index contributed by atoms with van der Waals surface area (Å²) in [7, 11) is 0. The molecule has 1 rings (SSSR count). The van der Waals surface area contributed by atoms with Crippen molar-refractivity contribution in [2.24, 2.45) is 5.92 Å². The fourth-order valence-corrected chi connectivity index (χ4v) is 1.50. The lowest BCUT2D eigenvalue weighted by Gasteiger charge is -2.38. The molecule has 0 aromatic carbocycles. The quantitative estimate of drug-likeness (QED) is 0.630. The predicted octanol–water partition coefficient (Wildman–Crippen LogP) is 2.18. The zero-order valence-corrected chi connectivity index (χ0v) is 8.19. The molecule has 68 valence electrons. The lowest BCUT2D eigenvalue weighted by atomic mass is 9.77. The molecule has 1 nitrogen and oxygen atoms in total. The normalized spacial score (nSPS) is 20.2. The van der Waals surface area contributed by atoms with Gasteiger partial charge in [0, 0.05) is 0 Å². The highest BCUT2D eigenvalue weighted by Gasteiger charge is 2.33. The molecule has 0 spiro atoms. The SMILES string of the molecule is C#CC1(NCCC(C)C)CCC1. The van der Waals surface area contributed by atoms with Crippen molar-refractivity contribution in [1.29, 1.82) is 0 Å². The van der Waals surface area contributed by atoms with Gasteiger partial charge in [-0.25, -0.2) is 0 Å². The Morgan fingerprint density at radius 1 is 1.50 bits per heavy atom. The molecule has 0 saturated heterocycles. The van der Waals surface area contributed by atoms with Crippen molar-refractivity contribution in [1.82, 2.24) is 5.32 Å². The van der Waals surface area contributed by atoms with Crippen LogP contribution in [0.2, 0.25) is 0 Å². The summed E-state index contributed by atoms with van der Waals surface area (Å²) in [5, 5.41) is 3.48. The number of rotatable bonds is 4. The van der Waals surface area contributed by atoms with Crippen LogP contribution in [0.25, 0.3) is 0 Å². The Balaban J connectivity index is 2.18. The lowest BCUT2D eigenvalue weighted by molar-refractivity contribution is 0.254. The Bertz CT molecular complexity index is 172. The van der Waals surface area contributed by atoms with E-state index in [1.807, 2.05) is 0 Å². The highest BCUT2D eigenvalue weighted by atomic mass is 15.0. The maximum absolute atomic E-state index is 5.47. The van der Waals surface area contributed by atoms with Crippen molar-refractivity contribution in [2.45, 2.75) is 45.1 Å². The summed E-state index contributed by atoms with van der Waals surface area (Å²) in [6.45, 7) is 5.55. The summed E-state index contributed by atoms with van der Waals surface area (Å²) in [5.41, 5.74) is 0.0783. The Kier molecular flexibility index (Phi) is 3.17. The summed E-state index contributed by atoms with van der Waals surface area (Å²) in [6.07, 6.45) is 10.3. The van der Waals surface area contributed by atoms with E-state index in [1.54, 1.807) is 0 Å². The van der Waals surface area contributed by atoms with Crippen LogP contribution in [0, 0.1) is 18.3 Å². The van der Waals surface area contributed by atoms with Gasteiger partial charge < -0.3 is 5.32 Å². The average Bonchev–Trinajstić information content (AvgIpc) is 1.94. The zero-order chi connectivity index (χ0) is 9.03. The molecule has 12 heavy (non-hydrogen) atoms.